The zero-order chi connectivity index (χ0) is 14.1. The summed E-state index contributed by atoms with van der Waals surface area (Å²) < 4.78 is 2.39. The molecule has 0 unspecified atom stereocenters. The van der Waals surface area contributed by atoms with Crippen molar-refractivity contribution in [3.8, 4) is 0 Å². The monoisotopic (exact) mass is 263 g/mol. The van der Waals surface area contributed by atoms with E-state index >= 15 is 0 Å². The summed E-state index contributed by atoms with van der Waals surface area (Å²) in [6.45, 7) is 7.59. The van der Waals surface area contributed by atoms with Crippen LogP contribution < -0.4 is 0 Å². The van der Waals surface area contributed by atoms with Gasteiger partial charge in [-0.25, -0.2) is 0 Å². The molecule has 1 heterocycles. The highest BCUT2D eigenvalue weighted by Crippen LogP contribution is 2.23. The van der Waals surface area contributed by atoms with Crippen LogP contribution in [0.25, 0.3) is 10.9 Å². The molecule has 20 heavy (non-hydrogen) atoms. The standard InChI is InChI=1S/C19H21N/c1-4-16-9-6-10-17-11-12-20(19(16)17)13-18-14(2)7-5-8-15(18)3/h5-12H,4,13H2,1-3H3. The maximum atomic E-state index is 2.39. The molecule has 0 aliphatic heterocycles. The number of rotatable bonds is 3. The predicted molar refractivity (Wildman–Crippen MR) is 86.3 cm³/mol. The van der Waals surface area contributed by atoms with E-state index in [2.05, 4.69) is 74.0 Å². The Morgan fingerprint density at radius 2 is 1.60 bits per heavy atom. The topological polar surface area (TPSA) is 4.93 Å². The van der Waals surface area contributed by atoms with Gasteiger partial charge in [0.15, 0.2) is 0 Å². The minimum absolute atomic E-state index is 0.957. The Morgan fingerprint density at radius 3 is 2.30 bits per heavy atom. The van der Waals surface area contributed by atoms with Crippen molar-refractivity contribution in [2.24, 2.45) is 0 Å². The average Bonchev–Trinajstić information content (AvgIpc) is 2.86. The number of nitrogens with zero attached hydrogens (tertiary/aromatic N) is 1. The average molecular weight is 263 g/mol. The fraction of sp³-hybridized carbons (Fsp3) is 0.263. The van der Waals surface area contributed by atoms with E-state index in [0.29, 0.717) is 0 Å². The molecule has 0 saturated carbocycles. The van der Waals surface area contributed by atoms with Crippen LogP contribution in [0.1, 0.15) is 29.2 Å². The number of aryl methyl sites for hydroxylation is 3. The van der Waals surface area contributed by atoms with E-state index in [1.54, 1.807) is 0 Å². The molecule has 0 N–H and O–H groups in total. The number of benzene rings is 2. The van der Waals surface area contributed by atoms with E-state index in [4.69, 9.17) is 0 Å². The number of fused-ring (bicyclic) bond motifs is 1. The van der Waals surface area contributed by atoms with Gasteiger partial charge in [-0.3, -0.25) is 0 Å². The summed E-state index contributed by atoms with van der Waals surface area (Å²) in [5.74, 6) is 0. The summed E-state index contributed by atoms with van der Waals surface area (Å²) in [6.07, 6.45) is 3.30. The van der Waals surface area contributed by atoms with Crippen molar-refractivity contribution in [1.82, 2.24) is 4.57 Å². The van der Waals surface area contributed by atoms with Crippen LogP contribution in [0, 0.1) is 13.8 Å². The van der Waals surface area contributed by atoms with E-state index in [-0.39, 0.29) is 0 Å². The summed E-state index contributed by atoms with van der Waals surface area (Å²) in [6, 6.07) is 15.4. The zero-order valence-electron chi connectivity index (χ0n) is 12.5. The largest absolute Gasteiger partial charge is 0.343 e. The molecule has 2 aromatic carbocycles. The Morgan fingerprint density at radius 1 is 0.900 bits per heavy atom. The van der Waals surface area contributed by atoms with Crippen molar-refractivity contribution in [3.05, 3.63) is 70.9 Å². The van der Waals surface area contributed by atoms with Crippen molar-refractivity contribution >= 4 is 10.9 Å². The van der Waals surface area contributed by atoms with Gasteiger partial charge in [0.1, 0.15) is 0 Å². The minimum atomic E-state index is 0.957. The normalized spacial score (nSPS) is 11.2. The van der Waals surface area contributed by atoms with E-state index in [1.165, 1.54) is 33.2 Å². The van der Waals surface area contributed by atoms with Crippen molar-refractivity contribution < 1.29 is 0 Å². The summed E-state index contributed by atoms with van der Waals surface area (Å²) in [7, 11) is 0. The van der Waals surface area contributed by atoms with Crippen LogP contribution in [-0.4, -0.2) is 4.57 Å². The lowest BCUT2D eigenvalue weighted by molar-refractivity contribution is 0.819. The Labute approximate surface area is 120 Å². The second kappa shape index (κ2) is 5.16. The molecular weight excluding hydrogens is 242 g/mol. The SMILES string of the molecule is CCc1cccc2ccn(Cc3c(C)cccc3C)c12. The molecule has 1 heteroatoms. The molecular formula is C19H21N. The number of hydrogen-bond donors (Lipinski definition) is 0. The maximum absolute atomic E-state index is 2.39. The lowest BCUT2D eigenvalue weighted by Gasteiger charge is -2.13. The fourth-order valence-corrected chi connectivity index (χ4v) is 3.03. The van der Waals surface area contributed by atoms with Gasteiger partial charge in [-0.1, -0.05) is 43.3 Å². The maximum Gasteiger partial charge on any atom is 0.0515 e. The molecule has 0 fully saturated rings. The molecule has 1 aromatic heterocycles. The van der Waals surface area contributed by atoms with Crippen LogP contribution in [0.2, 0.25) is 0 Å². The Balaban J connectivity index is 2.12. The van der Waals surface area contributed by atoms with Crippen molar-refractivity contribution in [1.29, 1.82) is 0 Å². The molecule has 0 atom stereocenters. The van der Waals surface area contributed by atoms with Crippen LogP contribution in [0.5, 0.6) is 0 Å². The quantitative estimate of drug-likeness (QED) is 0.635. The second-order valence-corrected chi connectivity index (χ2v) is 5.52. The summed E-state index contributed by atoms with van der Waals surface area (Å²) in [4.78, 5) is 0. The first-order chi connectivity index (χ1) is 9.70. The molecule has 102 valence electrons. The lowest BCUT2D eigenvalue weighted by atomic mass is 10.0. The van der Waals surface area contributed by atoms with Gasteiger partial charge in [0.25, 0.3) is 0 Å². The van der Waals surface area contributed by atoms with Gasteiger partial charge in [0, 0.05) is 12.7 Å². The van der Waals surface area contributed by atoms with E-state index < -0.39 is 0 Å². The van der Waals surface area contributed by atoms with Gasteiger partial charge in [-0.2, -0.15) is 0 Å². The van der Waals surface area contributed by atoms with E-state index in [0.717, 1.165) is 13.0 Å². The van der Waals surface area contributed by atoms with Crippen LogP contribution >= 0.6 is 0 Å². The first-order valence-electron chi connectivity index (χ1n) is 7.32. The van der Waals surface area contributed by atoms with E-state index in [1.807, 2.05) is 0 Å². The van der Waals surface area contributed by atoms with Gasteiger partial charge >= 0.3 is 0 Å². The highest BCUT2D eigenvalue weighted by atomic mass is 15.0. The number of para-hydroxylation sites is 1. The second-order valence-electron chi connectivity index (χ2n) is 5.52. The molecule has 0 amide bonds. The summed E-state index contributed by atoms with van der Waals surface area (Å²) in [5, 5.41) is 1.34. The first-order valence-corrected chi connectivity index (χ1v) is 7.32. The molecule has 1 nitrogen and oxygen atoms in total. The van der Waals surface area contributed by atoms with Crippen molar-refractivity contribution in [2.45, 2.75) is 33.7 Å². The van der Waals surface area contributed by atoms with E-state index in [9.17, 15) is 0 Å². The van der Waals surface area contributed by atoms with Gasteiger partial charge in [0.05, 0.1) is 5.52 Å². The van der Waals surface area contributed by atoms with Crippen molar-refractivity contribution in [2.75, 3.05) is 0 Å². The number of aromatic nitrogens is 1. The highest BCUT2D eigenvalue weighted by molar-refractivity contribution is 5.83. The van der Waals surface area contributed by atoms with Gasteiger partial charge in [-0.15, -0.1) is 0 Å². The smallest absolute Gasteiger partial charge is 0.0515 e. The molecule has 0 aliphatic carbocycles. The zero-order valence-corrected chi connectivity index (χ0v) is 12.5. The molecule has 0 bridgehead atoms. The van der Waals surface area contributed by atoms with Gasteiger partial charge in [-0.05, 0) is 54.0 Å². The molecule has 0 radical (unpaired) electrons. The lowest BCUT2D eigenvalue weighted by Crippen LogP contribution is -2.03. The fourth-order valence-electron chi connectivity index (χ4n) is 3.03. The van der Waals surface area contributed by atoms with Gasteiger partial charge in [0.2, 0.25) is 0 Å². The Bertz CT molecular complexity index is 729. The third kappa shape index (κ3) is 2.14. The van der Waals surface area contributed by atoms with Crippen LogP contribution in [0.15, 0.2) is 48.7 Å². The molecule has 0 saturated heterocycles. The number of hydrogen-bond acceptors (Lipinski definition) is 0. The third-order valence-electron chi connectivity index (χ3n) is 4.23. The van der Waals surface area contributed by atoms with Gasteiger partial charge < -0.3 is 4.57 Å². The molecule has 3 aromatic rings. The Kier molecular flexibility index (Phi) is 3.35. The first kappa shape index (κ1) is 13.0. The predicted octanol–water partition coefficient (Wildman–Crippen LogP) is 4.87. The molecule has 0 aliphatic rings. The van der Waals surface area contributed by atoms with Crippen LogP contribution in [-0.2, 0) is 13.0 Å². The minimum Gasteiger partial charge on any atom is -0.343 e. The molecule has 0 spiro atoms. The van der Waals surface area contributed by atoms with Crippen LogP contribution in [0.4, 0.5) is 0 Å². The molecule has 3 rings (SSSR count). The van der Waals surface area contributed by atoms with Crippen LogP contribution in [0.3, 0.4) is 0 Å². The highest BCUT2D eigenvalue weighted by Gasteiger charge is 2.08. The third-order valence-corrected chi connectivity index (χ3v) is 4.23. The Hall–Kier alpha value is -2.02. The van der Waals surface area contributed by atoms with Crippen molar-refractivity contribution in [3.63, 3.8) is 0 Å². The summed E-state index contributed by atoms with van der Waals surface area (Å²) >= 11 is 0. The summed E-state index contributed by atoms with van der Waals surface area (Å²) in [5.41, 5.74) is 7.01.